The molecule has 0 aromatic heterocycles. The van der Waals surface area contributed by atoms with Gasteiger partial charge in [-0.25, -0.2) is 4.79 Å². The summed E-state index contributed by atoms with van der Waals surface area (Å²) in [5.41, 5.74) is 7.66. The summed E-state index contributed by atoms with van der Waals surface area (Å²) in [5, 5.41) is 9.44. The van der Waals surface area contributed by atoms with Crippen LogP contribution in [0.2, 0.25) is 0 Å². The molecular formula is C21H13NO4S. The van der Waals surface area contributed by atoms with E-state index in [1.807, 2.05) is 0 Å². The Balaban J connectivity index is 1.89. The Morgan fingerprint density at radius 3 is 2.15 bits per heavy atom. The van der Waals surface area contributed by atoms with Gasteiger partial charge in [0.1, 0.15) is 0 Å². The molecule has 1 aliphatic carbocycles. The van der Waals surface area contributed by atoms with Crippen molar-refractivity contribution in [3.05, 3.63) is 88.5 Å². The van der Waals surface area contributed by atoms with Gasteiger partial charge in [0.25, 0.3) is 0 Å². The Morgan fingerprint density at radius 1 is 0.815 bits per heavy atom. The van der Waals surface area contributed by atoms with Crippen LogP contribution in [-0.2, 0) is 0 Å². The Bertz CT molecular complexity index is 1140. The number of ketones is 2. The summed E-state index contributed by atoms with van der Waals surface area (Å²) in [7, 11) is 0. The molecule has 0 atom stereocenters. The molecule has 4 rings (SSSR count). The van der Waals surface area contributed by atoms with E-state index in [1.54, 1.807) is 54.6 Å². The average Bonchev–Trinajstić information content (AvgIpc) is 2.67. The Kier molecular flexibility index (Phi) is 4.05. The fraction of sp³-hybridized carbons (Fsp3) is 0. The summed E-state index contributed by atoms with van der Waals surface area (Å²) in [6, 6.07) is 16.3. The fourth-order valence-corrected chi connectivity index (χ4v) is 4.27. The molecule has 0 saturated heterocycles. The van der Waals surface area contributed by atoms with Crippen LogP contribution >= 0.6 is 11.8 Å². The molecule has 1 aliphatic rings. The molecule has 0 saturated carbocycles. The van der Waals surface area contributed by atoms with Crippen molar-refractivity contribution in [1.29, 1.82) is 0 Å². The van der Waals surface area contributed by atoms with Crippen LogP contribution in [0, 0.1) is 0 Å². The van der Waals surface area contributed by atoms with Crippen LogP contribution in [0.5, 0.6) is 0 Å². The molecule has 0 radical (unpaired) electrons. The number of fused-ring (bicyclic) bond motifs is 2. The standard InChI is InChI=1S/C21H13NO4S/c22-15-9-3-8-14(21(25)26)20(15)27-16-10-4-7-13-17(16)19(24)12-6-2-1-5-11(12)18(13)23/h1-10H,22H2,(H,25,26). The minimum atomic E-state index is -1.11. The predicted molar refractivity (Wildman–Crippen MR) is 102 cm³/mol. The lowest BCUT2D eigenvalue weighted by molar-refractivity contribution is 0.0693. The first-order valence-corrected chi connectivity index (χ1v) is 8.91. The molecule has 0 bridgehead atoms. The minimum Gasteiger partial charge on any atom is -0.478 e. The lowest BCUT2D eigenvalue weighted by atomic mass is 9.84. The molecule has 3 aromatic rings. The van der Waals surface area contributed by atoms with Crippen molar-refractivity contribution in [2.45, 2.75) is 9.79 Å². The summed E-state index contributed by atoms with van der Waals surface area (Å²) in [6.07, 6.45) is 0. The van der Waals surface area contributed by atoms with E-state index in [0.29, 0.717) is 32.2 Å². The van der Waals surface area contributed by atoms with Crippen LogP contribution in [0.25, 0.3) is 0 Å². The largest absolute Gasteiger partial charge is 0.478 e. The molecule has 0 heterocycles. The zero-order valence-corrected chi connectivity index (χ0v) is 14.7. The first-order valence-electron chi connectivity index (χ1n) is 8.10. The smallest absolute Gasteiger partial charge is 0.336 e. The van der Waals surface area contributed by atoms with E-state index >= 15 is 0 Å². The SMILES string of the molecule is Nc1cccc(C(=O)O)c1Sc1cccc2c1C(=O)c1ccccc1C2=O. The van der Waals surface area contributed by atoms with Crippen LogP contribution < -0.4 is 5.73 Å². The maximum atomic E-state index is 13.1. The molecule has 6 heteroatoms. The van der Waals surface area contributed by atoms with Crippen molar-refractivity contribution in [3.8, 4) is 0 Å². The van der Waals surface area contributed by atoms with Crippen LogP contribution in [0.4, 0.5) is 5.69 Å². The molecule has 5 nitrogen and oxygen atoms in total. The highest BCUT2D eigenvalue weighted by Gasteiger charge is 2.31. The lowest BCUT2D eigenvalue weighted by Crippen LogP contribution is -2.21. The summed E-state index contributed by atoms with van der Waals surface area (Å²) < 4.78 is 0. The van der Waals surface area contributed by atoms with Crippen LogP contribution in [0.15, 0.2) is 70.5 Å². The van der Waals surface area contributed by atoms with Gasteiger partial charge in [-0.15, -0.1) is 0 Å². The number of carboxylic acid groups (broad SMARTS) is 1. The number of aromatic carboxylic acids is 1. The molecule has 0 amide bonds. The first kappa shape index (κ1) is 17.1. The number of anilines is 1. The van der Waals surface area contributed by atoms with Gasteiger partial charge in [-0.3, -0.25) is 9.59 Å². The molecular weight excluding hydrogens is 362 g/mol. The number of hydrogen-bond acceptors (Lipinski definition) is 5. The number of hydrogen-bond donors (Lipinski definition) is 2. The highest BCUT2D eigenvalue weighted by Crippen LogP contribution is 2.40. The van der Waals surface area contributed by atoms with Gasteiger partial charge in [-0.1, -0.05) is 54.2 Å². The topological polar surface area (TPSA) is 97.5 Å². The highest BCUT2D eigenvalue weighted by molar-refractivity contribution is 7.99. The number of benzene rings is 3. The second kappa shape index (κ2) is 6.41. The van der Waals surface area contributed by atoms with Gasteiger partial charge < -0.3 is 10.8 Å². The second-order valence-electron chi connectivity index (χ2n) is 6.01. The quantitative estimate of drug-likeness (QED) is 0.527. The van der Waals surface area contributed by atoms with Gasteiger partial charge >= 0.3 is 5.97 Å². The molecule has 0 fully saturated rings. The van der Waals surface area contributed by atoms with E-state index in [2.05, 4.69) is 0 Å². The first-order chi connectivity index (χ1) is 13.0. The summed E-state index contributed by atoms with van der Waals surface area (Å²) in [4.78, 5) is 38.3. The van der Waals surface area contributed by atoms with E-state index in [4.69, 9.17) is 5.73 Å². The minimum absolute atomic E-state index is 0.0487. The van der Waals surface area contributed by atoms with Gasteiger partial charge in [0.05, 0.1) is 5.56 Å². The third-order valence-electron chi connectivity index (χ3n) is 4.40. The lowest BCUT2D eigenvalue weighted by Gasteiger charge is -2.20. The van der Waals surface area contributed by atoms with E-state index < -0.39 is 5.97 Å². The molecule has 0 spiro atoms. The van der Waals surface area contributed by atoms with Crippen LogP contribution in [0.1, 0.15) is 42.2 Å². The summed E-state index contributed by atoms with van der Waals surface area (Å²) in [6.45, 7) is 0. The maximum Gasteiger partial charge on any atom is 0.336 e. The Labute approximate surface area is 158 Å². The van der Waals surface area contributed by atoms with E-state index in [9.17, 15) is 19.5 Å². The number of nitrogens with two attached hydrogens (primary N) is 1. The van der Waals surface area contributed by atoms with Crippen molar-refractivity contribution < 1.29 is 19.5 Å². The number of carbonyl (C=O) groups is 3. The molecule has 3 N–H and O–H groups in total. The summed E-state index contributed by atoms with van der Waals surface area (Å²) in [5.74, 6) is -1.58. The normalized spacial score (nSPS) is 12.4. The van der Waals surface area contributed by atoms with Crippen molar-refractivity contribution in [2.75, 3.05) is 5.73 Å². The second-order valence-corrected chi connectivity index (χ2v) is 7.07. The van der Waals surface area contributed by atoms with Gasteiger partial charge in [0, 0.05) is 37.7 Å². The summed E-state index contributed by atoms with van der Waals surface area (Å²) >= 11 is 1.09. The zero-order valence-electron chi connectivity index (χ0n) is 13.9. The monoisotopic (exact) mass is 375 g/mol. The zero-order chi connectivity index (χ0) is 19.1. The van der Waals surface area contributed by atoms with Crippen molar-refractivity contribution >= 4 is 35.0 Å². The van der Waals surface area contributed by atoms with Gasteiger partial charge in [0.15, 0.2) is 11.6 Å². The van der Waals surface area contributed by atoms with Crippen LogP contribution in [-0.4, -0.2) is 22.6 Å². The number of rotatable bonds is 3. The predicted octanol–water partition coefficient (Wildman–Crippen LogP) is 3.89. The van der Waals surface area contributed by atoms with Gasteiger partial charge in [0.2, 0.25) is 0 Å². The van der Waals surface area contributed by atoms with E-state index in [1.165, 1.54) is 6.07 Å². The highest BCUT2D eigenvalue weighted by atomic mass is 32.2. The fourth-order valence-electron chi connectivity index (χ4n) is 3.15. The van der Waals surface area contributed by atoms with E-state index in [-0.39, 0.29) is 22.7 Å². The van der Waals surface area contributed by atoms with E-state index in [0.717, 1.165) is 11.8 Å². The molecule has 0 unspecified atom stereocenters. The van der Waals surface area contributed by atoms with Crippen molar-refractivity contribution in [3.63, 3.8) is 0 Å². The third kappa shape index (κ3) is 2.71. The van der Waals surface area contributed by atoms with Crippen LogP contribution in [0.3, 0.4) is 0 Å². The third-order valence-corrected chi connectivity index (χ3v) is 5.62. The number of carbonyl (C=O) groups excluding carboxylic acids is 2. The van der Waals surface area contributed by atoms with Crippen molar-refractivity contribution in [1.82, 2.24) is 0 Å². The average molecular weight is 375 g/mol. The van der Waals surface area contributed by atoms with Crippen molar-refractivity contribution in [2.24, 2.45) is 0 Å². The number of nitrogen functional groups attached to an aromatic ring is 1. The number of carboxylic acids is 1. The molecule has 0 aliphatic heterocycles. The Morgan fingerprint density at radius 2 is 1.44 bits per heavy atom. The molecule has 132 valence electrons. The Hall–Kier alpha value is -3.38. The molecule has 27 heavy (non-hydrogen) atoms. The maximum absolute atomic E-state index is 13.1. The van der Waals surface area contributed by atoms with Gasteiger partial charge in [-0.05, 0) is 18.2 Å². The van der Waals surface area contributed by atoms with Gasteiger partial charge in [-0.2, -0.15) is 0 Å². The molecule has 3 aromatic carbocycles.